The summed E-state index contributed by atoms with van der Waals surface area (Å²) in [4.78, 5) is 33.2. The third-order valence-corrected chi connectivity index (χ3v) is 5.59. The number of fused-ring (bicyclic) bond motifs is 1. The SMILES string of the molecule is CCCC(CNC(=O)COC(=O)c1cnc2ncnn2c1C(C)C)c1ccc(Cl)cc1Cl. The third-order valence-electron chi connectivity index (χ3n) is 5.03. The molecule has 0 saturated carbocycles. The molecule has 0 aliphatic heterocycles. The summed E-state index contributed by atoms with van der Waals surface area (Å²) < 4.78 is 6.75. The van der Waals surface area contributed by atoms with Crippen LogP contribution in [0.4, 0.5) is 0 Å². The Morgan fingerprint density at radius 2 is 2.00 bits per heavy atom. The quantitative estimate of drug-likeness (QED) is 0.458. The van der Waals surface area contributed by atoms with Gasteiger partial charge in [0.1, 0.15) is 6.33 Å². The fourth-order valence-corrected chi connectivity index (χ4v) is 4.12. The Balaban J connectivity index is 1.62. The number of esters is 1. The number of hydrogen-bond donors (Lipinski definition) is 1. The van der Waals surface area contributed by atoms with Crippen LogP contribution in [0.3, 0.4) is 0 Å². The molecule has 3 aromatic rings. The van der Waals surface area contributed by atoms with Crippen LogP contribution in [0.25, 0.3) is 5.78 Å². The van der Waals surface area contributed by atoms with Crippen LogP contribution < -0.4 is 5.32 Å². The van der Waals surface area contributed by atoms with E-state index >= 15 is 0 Å². The van der Waals surface area contributed by atoms with E-state index in [4.69, 9.17) is 27.9 Å². The lowest BCUT2D eigenvalue weighted by molar-refractivity contribution is -0.124. The van der Waals surface area contributed by atoms with Gasteiger partial charge in [-0.05, 0) is 30.0 Å². The van der Waals surface area contributed by atoms with Gasteiger partial charge in [-0.2, -0.15) is 10.1 Å². The summed E-state index contributed by atoms with van der Waals surface area (Å²) in [5.41, 5.74) is 1.80. The summed E-state index contributed by atoms with van der Waals surface area (Å²) >= 11 is 12.3. The zero-order chi connectivity index (χ0) is 23.3. The summed E-state index contributed by atoms with van der Waals surface area (Å²) in [5.74, 6) is -0.649. The number of aromatic nitrogens is 4. The molecule has 1 N–H and O–H groups in total. The third kappa shape index (κ3) is 5.55. The molecule has 1 unspecified atom stereocenters. The van der Waals surface area contributed by atoms with Crippen molar-refractivity contribution in [3.05, 3.63) is 57.6 Å². The monoisotopic (exact) mass is 477 g/mol. The highest BCUT2D eigenvalue weighted by Crippen LogP contribution is 2.30. The highest BCUT2D eigenvalue weighted by molar-refractivity contribution is 6.35. The van der Waals surface area contributed by atoms with E-state index in [-0.39, 0.29) is 17.4 Å². The van der Waals surface area contributed by atoms with E-state index in [1.54, 1.807) is 12.1 Å². The van der Waals surface area contributed by atoms with Crippen LogP contribution in [0, 0.1) is 0 Å². The van der Waals surface area contributed by atoms with Gasteiger partial charge in [0.15, 0.2) is 6.61 Å². The summed E-state index contributed by atoms with van der Waals surface area (Å²) in [6.07, 6.45) is 4.53. The van der Waals surface area contributed by atoms with Crippen LogP contribution in [0.2, 0.25) is 10.0 Å². The molecule has 0 aliphatic carbocycles. The Bertz CT molecular complexity index is 1120. The van der Waals surface area contributed by atoms with Crippen molar-refractivity contribution in [2.75, 3.05) is 13.2 Å². The van der Waals surface area contributed by atoms with Crippen molar-refractivity contribution in [3.63, 3.8) is 0 Å². The summed E-state index contributed by atoms with van der Waals surface area (Å²) in [6, 6.07) is 5.34. The molecule has 2 heterocycles. The van der Waals surface area contributed by atoms with E-state index in [0.29, 0.717) is 28.1 Å². The standard InChI is InChI=1S/C22H25Cl2N5O3/c1-4-5-14(16-7-6-15(23)8-18(16)24)9-25-19(30)11-32-21(31)17-10-26-22-27-12-28-29(22)20(17)13(2)3/h6-8,10,12-14H,4-5,9,11H2,1-3H3,(H,25,30). The number of nitrogens with one attached hydrogen (secondary N) is 1. The summed E-state index contributed by atoms with van der Waals surface area (Å²) in [5, 5.41) is 8.07. The molecule has 32 heavy (non-hydrogen) atoms. The Morgan fingerprint density at radius 1 is 1.22 bits per heavy atom. The molecular weight excluding hydrogens is 453 g/mol. The van der Waals surface area contributed by atoms with Gasteiger partial charge in [0.2, 0.25) is 0 Å². The molecule has 2 aromatic heterocycles. The maximum absolute atomic E-state index is 12.6. The number of carbonyl (C=O) groups excluding carboxylic acids is 2. The first-order valence-electron chi connectivity index (χ1n) is 10.4. The number of halogens is 2. The van der Waals surface area contributed by atoms with Gasteiger partial charge < -0.3 is 10.1 Å². The van der Waals surface area contributed by atoms with Gasteiger partial charge in [0.25, 0.3) is 11.7 Å². The second kappa shape index (κ2) is 10.7. The number of ether oxygens (including phenoxy) is 1. The summed E-state index contributed by atoms with van der Waals surface area (Å²) in [7, 11) is 0. The van der Waals surface area contributed by atoms with Crippen molar-refractivity contribution in [1.82, 2.24) is 24.9 Å². The van der Waals surface area contributed by atoms with Crippen LogP contribution in [0.15, 0.2) is 30.7 Å². The normalized spacial score (nSPS) is 12.2. The fourth-order valence-electron chi connectivity index (χ4n) is 3.55. The van der Waals surface area contributed by atoms with Crippen molar-refractivity contribution < 1.29 is 14.3 Å². The van der Waals surface area contributed by atoms with E-state index in [0.717, 1.165) is 18.4 Å². The molecule has 8 nitrogen and oxygen atoms in total. The van der Waals surface area contributed by atoms with E-state index < -0.39 is 18.5 Å². The van der Waals surface area contributed by atoms with Crippen LogP contribution in [0.1, 0.15) is 67.1 Å². The zero-order valence-electron chi connectivity index (χ0n) is 18.1. The molecule has 3 rings (SSSR count). The molecule has 1 aromatic carbocycles. The van der Waals surface area contributed by atoms with Gasteiger partial charge in [-0.1, -0.05) is 56.5 Å². The Morgan fingerprint density at radius 3 is 2.69 bits per heavy atom. The van der Waals surface area contributed by atoms with E-state index in [1.807, 2.05) is 19.9 Å². The maximum Gasteiger partial charge on any atom is 0.342 e. The molecule has 170 valence electrons. The average Bonchev–Trinajstić information content (AvgIpc) is 3.23. The van der Waals surface area contributed by atoms with Crippen molar-refractivity contribution in [3.8, 4) is 0 Å². The lowest BCUT2D eigenvalue weighted by atomic mass is 9.94. The van der Waals surface area contributed by atoms with Gasteiger partial charge in [-0.15, -0.1) is 0 Å². The van der Waals surface area contributed by atoms with Gasteiger partial charge in [0.05, 0.1) is 11.3 Å². The smallest absolute Gasteiger partial charge is 0.342 e. The molecule has 0 radical (unpaired) electrons. The highest BCUT2D eigenvalue weighted by atomic mass is 35.5. The lowest BCUT2D eigenvalue weighted by Crippen LogP contribution is -2.32. The molecular formula is C22H25Cl2N5O3. The van der Waals surface area contributed by atoms with Crippen LogP contribution in [-0.4, -0.2) is 44.6 Å². The number of amides is 1. The minimum absolute atomic E-state index is 0.0240. The fraction of sp³-hybridized carbons (Fsp3) is 0.409. The zero-order valence-corrected chi connectivity index (χ0v) is 19.7. The van der Waals surface area contributed by atoms with Crippen molar-refractivity contribution in [1.29, 1.82) is 0 Å². The Hall–Kier alpha value is -2.71. The highest BCUT2D eigenvalue weighted by Gasteiger charge is 2.22. The minimum Gasteiger partial charge on any atom is -0.452 e. The molecule has 0 fully saturated rings. The molecule has 10 heteroatoms. The number of hydrogen-bond acceptors (Lipinski definition) is 6. The topological polar surface area (TPSA) is 98.5 Å². The Labute approximate surface area is 196 Å². The predicted octanol–water partition coefficient (Wildman–Crippen LogP) is 4.41. The summed E-state index contributed by atoms with van der Waals surface area (Å²) in [6.45, 7) is 5.88. The first-order valence-corrected chi connectivity index (χ1v) is 11.1. The van der Waals surface area contributed by atoms with Crippen LogP contribution >= 0.6 is 23.2 Å². The second-order valence-corrected chi connectivity index (χ2v) is 8.56. The molecule has 0 spiro atoms. The van der Waals surface area contributed by atoms with Crippen LogP contribution in [0.5, 0.6) is 0 Å². The molecule has 1 atom stereocenters. The van der Waals surface area contributed by atoms with E-state index in [1.165, 1.54) is 17.0 Å². The lowest BCUT2D eigenvalue weighted by Gasteiger charge is -2.19. The van der Waals surface area contributed by atoms with Crippen molar-refractivity contribution >= 4 is 40.9 Å². The van der Waals surface area contributed by atoms with Gasteiger partial charge >= 0.3 is 5.97 Å². The van der Waals surface area contributed by atoms with Gasteiger partial charge in [0, 0.05) is 28.7 Å². The molecule has 0 saturated heterocycles. The number of carbonyl (C=O) groups is 2. The van der Waals surface area contributed by atoms with E-state index in [9.17, 15) is 9.59 Å². The number of rotatable bonds is 9. The van der Waals surface area contributed by atoms with Gasteiger partial charge in [-0.25, -0.2) is 14.3 Å². The first kappa shape index (κ1) is 23.9. The largest absolute Gasteiger partial charge is 0.452 e. The molecule has 1 amide bonds. The van der Waals surface area contributed by atoms with Crippen LogP contribution in [-0.2, 0) is 9.53 Å². The first-order chi connectivity index (χ1) is 15.3. The minimum atomic E-state index is -0.639. The van der Waals surface area contributed by atoms with Gasteiger partial charge in [-0.3, -0.25) is 4.79 Å². The predicted molar refractivity (Wildman–Crippen MR) is 122 cm³/mol. The average molecular weight is 478 g/mol. The second-order valence-electron chi connectivity index (χ2n) is 7.72. The van der Waals surface area contributed by atoms with Crippen molar-refractivity contribution in [2.45, 2.75) is 45.4 Å². The molecule has 0 aliphatic rings. The molecule has 0 bridgehead atoms. The Kier molecular flexibility index (Phi) is 8.04. The van der Waals surface area contributed by atoms with Crippen molar-refractivity contribution in [2.24, 2.45) is 0 Å². The number of benzene rings is 1. The maximum atomic E-state index is 12.6. The van der Waals surface area contributed by atoms with E-state index in [2.05, 4.69) is 27.3 Å². The number of nitrogens with zero attached hydrogens (tertiary/aromatic N) is 4.